The van der Waals surface area contributed by atoms with E-state index in [4.69, 9.17) is 4.99 Å². The molecule has 0 aliphatic heterocycles. The Bertz CT molecular complexity index is 469. The van der Waals surface area contributed by atoms with E-state index in [1.165, 1.54) is 36.1 Å². The van der Waals surface area contributed by atoms with Crippen LogP contribution in [-0.2, 0) is 6.54 Å². The molecule has 1 fully saturated rings. The van der Waals surface area contributed by atoms with Crippen LogP contribution in [0, 0.1) is 6.92 Å². The van der Waals surface area contributed by atoms with Crippen LogP contribution in [-0.4, -0.2) is 43.6 Å². The number of rotatable bonds is 7. The molecule has 23 heavy (non-hydrogen) atoms. The zero-order valence-electron chi connectivity index (χ0n) is 14.6. The summed E-state index contributed by atoms with van der Waals surface area (Å²) in [6.45, 7) is 7.94. The van der Waals surface area contributed by atoms with Gasteiger partial charge in [-0.25, -0.2) is 4.99 Å². The van der Waals surface area contributed by atoms with Gasteiger partial charge in [0.2, 0.25) is 0 Å². The van der Waals surface area contributed by atoms with Gasteiger partial charge in [-0.15, -0.1) is 35.3 Å². The van der Waals surface area contributed by atoms with Crippen molar-refractivity contribution in [1.29, 1.82) is 0 Å². The molecule has 0 atom stereocenters. The monoisotopic (exact) mass is 450 g/mol. The molecule has 4 nitrogen and oxygen atoms in total. The lowest BCUT2D eigenvalue weighted by atomic mass is 10.2. The van der Waals surface area contributed by atoms with Gasteiger partial charge in [0, 0.05) is 30.6 Å². The van der Waals surface area contributed by atoms with E-state index in [-0.39, 0.29) is 24.0 Å². The Morgan fingerprint density at radius 1 is 1.35 bits per heavy atom. The highest BCUT2D eigenvalue weighted by Crippen LogP contribution is 2.21. The zero-order valence-corrected chi connectivity index (χ0v) is 17.7. The first-order valence-corrected chi connectivity index (χ1v) is 9.34. The Morgan fingerprint density at radius 2 is 2.09 bits per heavy atom. The Hall–Kier alpha value is -0.340. The van der Waals surface area contributed by atoms with E-state index < -0.39 is 0 Å². The van der Waals surface area contributed by atoms with Crippen LogP contribution in [0.15, 0.2) is 16.4 Å². The maximum absolute atomic E-state index is 4.70. The second-order valence-corrected chi connectivity index (χ2v) is 7.07. The molecular weight excluding hydrogens is 419 g/mol. The number of hydrogen-bond donors (Lipinski definition) is 2. The van der Waals surface area contributed by atoms with Crippen LogP contribution in [0.25, 0.3) is 0 Å². The normalized spacial score (nSPS) is 15.7. The summed E-state index contributed by atoms with van der Waals surface area (Å²) < 4.78 is 0. The minimum absolute atomic E-state index is 0. The first-order valence-electron chi connectivity index (χ1n) is 8.46. The summed E-state index contributed by atoms with van der Waals surface area (Å²) in [4.78, 5) is 8.54. The van der Waals surface area contributed by atoms with Gasteiger partial charge in [-0.2, -0.15) is 0 Å². The molecule has 0 amide bonds. The number of nitrogens with one attached hydrogen (secondary N) is 2. The molecule has 1 aliphatic rings. The zero-order chi connectivity index (χ0) is 15.8. The second kappa shape index (κ2) is 11.3. The largest absolute Gasteiger partial charge is 0.357 e. The molecule has 1 aromatic rings. The third-order valence-corrected chi connectivity index (χ3v) is 5.41. The van der Waals surface area contributed by atoms with Gasteiger partial charge in [0.1, 0.15) is 0 Å². The number of nitrogens with zero attached hydrogens (tertiary/aromatic N) is 2. The predicted octanol–water partition coefficient (Wildman–Crippen LogP) is 3.60. The predicted molar refractivity (Wildman–Crippen MR) is 112 cm³/mol. The van der Waals surface area contributed by atoms with Gasteiger partial charge in [0.15, 0.2) is 5.96 Å². The Labute approximate surface area is 162 Å². The van der Waals surface area contributed by atoms with E-state index in [9.17, 15) is 0 Å². The van der Waals surface area contributed by atoms with E-state index in [1.807, 2.05) is 0 Å². The minimum Gasteiger partial charge on any atom is -0.357 e. The lowest BCUT2D eigenvalue weighted by Gasteiger charge is -2.24. The Balaban J connectivity index is 0.00000264. The summed E-state index contributed by atoms with van der Waals surface area (Å²) in [5.74, 6) is 0.926. The number of hydrogen-bond acceptors (Lipinski definition) is 3. The first-order chi connectivity index (χ1) is 10.7. The molecule has 1 aliphatic carbocycles. The van der Waals surface area contributed by atoms with Crippen molar-refractivity contribution in [1.82, 2.24) is 15.5 Å². The molecule has 0 radical (unpaired) electrons. The highest BCUT2D eigenvalue weighted by atomic mass is 127. The number of likely N-dealkylation sites (N-methyl/N-ethyl adjacent to an activating group) is 1. The van der Waals surface area contributed by atoms with Crippen molar-refractivity contribution in [2.24, 2.45) is 4.99 Å². The topological polar surface area (TPSA) is 39.7 Å². The summed E-state index contributed by atoms with van der Waals surface area (Å²) >= 11 is 1.78. The van der Waals surface area contributed by atoms with Crippen molar-refractivity contribution < 1.29 is 0 Å². The average molecular weight is 450 g/mol. The van der Waals surface area contributed by atoms with E-state index in [1.54, 1.807) is 11.3 Å². The molecule has 2 N–H and O–H groups in total. The van der Waals surface area contributed by atoms with Crippen molar-refractivity contribution in [2.45, 2.75) is 52.1 Å². The van der Waals surface area contributed by atoms with Crippen molar-refractivity contribution in [2.75, 3.05) is 26.7 Å². The fraction of sp³-hybridized carbons (Fsp3) is 0.706. The maximum Gasteiger partial charge on any atom is 0.191 e. The maximum atomic E-state index is 4.70. The molecule has 1 aromatic heterocycles. The SMILES string of the molecule is CCNC(=NCc1sccc1C)NCCN(C)C1CCCC1.I. The van der Waals surface area contributed by atoms with Crippen LogP contribution in [0.4, 0.5) is 0 Å². The summed E-state index contributed by atoms with van der Waals surface area (Å²) in [6.07, 6.45) is 5.52. The van der Waals surface area contributed by atoms with Crippen LogP contribution >= 0.6 is 35.3 Å². The Kier molecular flexibility index (Phi) is 10.1. The standard InChI is InChI=1S/C17H30N4S.HI/c1-4-18-17(20-13-16-14(2)9-12-22-16)19-10-11-21(3)15-7-5-6-8-15;/h9,12,15H,4-8,10-11,13H2,1-3H3,(H2,18,19,20);1H. The lowest BCUT2D eigenvalue weighted by Crippen LogP contribution is -2.42. The smallest absolute Gasteiger partial charge is 0.191 e. The fourth-order valence-electron chi connectivity index (χ4n) is 2.94. The van der Waals surface area contributed by atoms with Gasteiger partial charge in [-0.05, 0) is 50.7 Å². The van der Waals surface area contributed by atoms with Gasteiger partial charge in [0.05, 0.1) is 6.54 Å². The highest BCUT2D eigenvalue weighted by Gasteiger charge is 2.18. The first kappa shape index (κ1) is 20.7. The molecule has 1 heterocycles. The van der Waals surface area contributed by atoms with E-state index in [0.717, 1.165) is 38.2 Å². The molecule has 6 heteroatoms. The summed E-state index contributed by atoms with van der Waals surface area (Å²) in [5.41, 5.74) is 1.34. The molecule has 0 bridgehead atoms. The molecule has 1 saturated carbocycles. The quantitative estimate of drug-likeness (QED) is 0.379. The van der Waals surface area contributed by atoms with E-state index >= 15 is 0 Å². The van der Waals surface area contributed by atoms with Gasteiger partial charge in [-0.1, -0.05) is 12.8 Å². The molecule has 0 spiro atoms. The van der Waals surface area contributed by atoms with E-state index in [2.05, 4.69) is 47.9 Å². The number of guanidine groups is 1. The highest BCUT2D eigenvalue weighted by molar-refractivity contribution is 14.0. The van der Waals surface area contributed by atoms with Crippen LogP contribution in [0.5, 0.6) is 0 Å². The minimum atomic E-state index is 0. The van der Waals surface area contributed by atoms with Gasteiger partial charge < -0.3 is 15.5 Å². The number of aryl methyl sites for hydroxylation is 1. The summed E-state index contributed by atoms with van der Waals surface area (Å²) in [7, 11) is 2.25. The van der Waals surface area contributed by atoms with Gasteiger partial charge >= 0.3 is 0 Å². The Morgan fingerprint density at radius 3 is 2.70 bits per heavy atom. The van der Waals surface area contributed by atoms with Crippen LogP contribution in [0.2, 0.25) is 0 Å². The molecule has 132 valence electrons. The molecule has 0 saturated heterocycles. The van der Waals surface area contributed by atoms with Crippen molar-refractivity contribution in [3.05, 3.63) is 21.9 Å². The number of thiophene rings is 1. The van der Waals surface area contributed by atoms with Crippen molar-refractivity contribution >= 4 is 41.3 Å². The summed E-state index contributed by atoms with van der Waals surface area (Å²) in [5, 5.41) is 8.93. The van der Waals surface area contributed by atoms with Crippen LogP contribution in [0.1, 0.15) is 43.0 Å². The van der Waals surface area contributed by atoms with Crippen molar-refractivity contribution in [3.63, 3.8) is 0 Å². The average Bonchev–Trinajstić information content (AvgIpc) is 3.16. The van der Waals surface area contributed by atoms with Crippen molar-refractivity contribution in [3.8, 4) is 0 Å². The molecule has 0 unspecified atom stereocenters. The lowest BCUT2D eigenvalue weighted by molar-refractivity contribution is 0.249. The third-order valence-electron chi connectivity index (χ3n) is 4.40. The van der Waals surface area contributed by atoms with Crippen LogP contribution in [0.3, 0.4) is 0 Å². The summed E-state index contributed by atoms with van der Waals surface area (Å²) in [6, 6.07) is 2.95. The number of halogens is 1. The van der Waals surface area contributed by atoms with Gasteiger partial charge in [-0.3, -0.25) is 0 Å². The number of aliphatic imine (C=N–C) groups is 1. The van der Waals surface area contributed by atoms with Gasteiger partial charge in [0.25, 0.3) is 0 Å². The second-order valence-electron chi connectivity index (χ2n) is 6.07. The molecule has 0 aromatic carbocycles. The van der Waals surface area contributed by atoms with Crippen LogP contribution < -0.4 is 10.6 Å². The molecule has 2 rings (SSSR count). The molecular formula is C17H31IN4S. The third kappa shape index (κ3) is 6.97. The fourth-order valence-corrected chi connectivity index (χ4v) is 3.77. The van der Waals surface area contributed by atoms with E-state index in [0.29, 0.717) is 0 Å².